The maximum atomic E-state index is 13.2. The monoisotopic (exact) mass is 296 g/mol. The molecule has 2 atom stereocenters. The predicted molar refractivity (Wildman–Crippen MR) is 82.0 cm³/mol. The van der Waals surface area contributed by atoms with Gasteiger partial charge in [0.05, 0.1) is 10.7 Å². The minimum Gasteiger partial charge on any atom is -0.364 e. The fraction of sp³-hybridized carbons (Fsp3) is 0.625. The molecule has 4 heteroatoms. The molecule has 2 bridgehead atoms. The lowest BCUT2D eigenvalue weighted by Crippen LogP contribution is -2.49. The van der Waals surface area contributed by atoms with Crippen LogP contribution < -0.4 is 10.2 Å². The van der Waals surface area contributed by atoms with Crippen LogP contribution in [-0.4, -0.2) is 24.7 Å². The number of halogens is 2. The summed E-state index contributed by atoms with van der Waals surface area (Å²) in [6.45, 7) is 3.30. The molecule has 0 aliphatic carbocycles. The summed E-state index contributed by atoms with van der Waals surface area (Å²) in [6.07, 6.45) is 5.97. The Morgan fingerprint density at radius 2 is 2.00 bits per heavy atom. The second kappa shape index (κ2) is 5.90. The van der Waals surface area contributed by atoms with Crippen LogP contribution in [0.15, 0.2) is 18.2 Å². The van der Waals surface area contributed by atoms with Crippen molar-refractivity contribution < 1.29 is 4.39 Å². The summed E-state index contributed by atoms with van der Waals surface area (Å²) in [4.78, 5) is 2.44. The summed E-state index contributed by atoms with van der Waals surface area (Å²) in [5.41, 5.74) is 1.01. The van der Waals surface area contributed by atoms with Crippen molar-refractivity contribution in [3.05, 3.63) is 29.0 Å². The molecule has 2 saturated heterocycles. The van der Waals surface area contributed by atoms with Crippen molar-refractivity contribution in [2.75, 3.05) is 11.4 Å². The van der Waals surface area contributed by atoms with Gasteiger partial charge < -0.3 is 10.2 Å². The summed E-state index contributed by atoms with van der Waals surface area (Å²) in [5, 5.41) is 4.19. The van der Waals surface area contributed by atoms with Crippen LogP contribution in [0.25, 0.3) is 0 Å². The minimum absolute atomic E-state index is 0.259. The predicted octanol–water partition coefficient (Wildman–Crippen LogP) is 3.98. The molecule has 2 heterocycles. The number of hydrogen-bond acceptors (Lipinski definition) is 2. The molecule has 2 aliphatic heterocycles. The van der Waals surface area contributed by atoms with Gasteiger partial charge in [0.2, 0.25) is 0 Å². The highest BCUT2D eigenvalue weighted by Gasteiger charge is 2.41. The van der Waals surface area contributed by atoms with Crippen molar-refractivity contribution in [3.8, 4) is 0 Å². The first-order chi connectivity index (χ1) is 9.69. The van der Waals surface area contributed by atoms with E-state index in [4.69, 9.17) is 11.6 Å². The Balaban J connectivity index is 1.76. The number of piperidine rings is 1. The molecule has 2 nitrogen and oxygen atoms in total. The molecule has 3 rings (SSSR count). The van der Waals surface area contributed by atoms with E-state index in [1.807, 2.05) is 6.07 Å². The Hall–Kier alpha value is -0.800. The van der Waals surface area contributed by atoms with E-state index < -0.39 is 0 Å². The molecule has 1 N–H and O–H groups in total. The molecular weight excluding hydrogens is 275 g/mol. The third-order valence-corrected chi connectivity index (χ3v) is 4.91. The number of fused-ring (bicyclic) bond motifs is 2. The number of nitrogens with zero attached hydrogens (tertiary/aromatic N) is 1. The van der Waals surface area contributed by atoms with E-state index in [1.54, 1.807) is 0 Å². The normalized spacial score (nSPS) is 28.9. The van der Waals surface area contributed by atoms with Gasteiger partial charge in [0.1, 0.15) is 5.82 Å². The van der Waals surface area contributed by atoms with E-state index >= 15 is 0 Å². The summed E-state index contributed by atoms with van der Waals surface area (Å²) >= 11 is 6.24. The van der Waals surface area contributed by atoms with Crippen LogP contribution in [0.2, 0.25) is 5.02 Å². The lowest BCUT2D eigenvalue weighted by Gasteiger charge is -2.41. The molecule has 0 amide bonds. The molecule has 20 heavy (non-hydrogen) atoms. The summed E-state index contributed by atoms with van der Waals surface area (Å²) in [6, 6.07) is 6.50. The lowest BCUT2D eigenvalue weighted by atomic mass is 9.96. The molecule has 2 fully saturated rings. The van der Waals surface area contributed by atoms with Crippen LogP contribution in [-0.2, 0) is 0 Å². The first kappa shape index (κ1) is 14.2. The zero-order valence-corrected chi connectivity index (χ0v) is 12.7. The minimum atomic E-state index is -0.259. The number of hydrogen-bond donors (Lipinski definition) is 1. The molecule has 0 saturated carbocycles. The van der Waals surface area contributed by atoms with E-state index in [9.17, 15) is 4.39 Å². The van der Waals surface area contributed by atoms with Crippen LogP contribution in [0.3, 0.4) is 0 Å². The fourth-order valence-electron chi connectivity index (χ4n) is 3.78. The average Bonchev–Trinajstić information content (AvgIpc) is 2.68. The van der Waals surface area contributed by atoms with Crippen LogP contribution in [0, 0.1) is 5.82 Å². The molecule has 1 aromatic rings. The Morgan fingerprint density at radius 1 is 1.30 bits per heavy atom. The van der Waals surface area contributed by atoms with Gasteiger partial charge in [0, 0.05) is 18.1 Å². The van der Waals surface area contributed by atoms with E-state index in [1.165, 1.54) is 44.2 Å². The molecule has 1 aromatic carbocycles. The number of nitrogens with one attached hydrogen (secondary N) is 1. The first-order valence-corrected chi connectivity index (χ1v) is 8.03. The SMILES string of the molecule is CCCNC1CC2CCC(C1)N2c1ccc(F)cc1Cl. The smallest absolute Gasteiger partial charge is 0.124 e. The molecule has 2 unspecified atom stereocenters. The van der Waals surface area contributed by atoms with E-state index in [0.717, 1.165) is 12.2 Å². The summed E-state index contributed by atoms with van der Waals surface area (Å²) < 4.78 is 13.2. The summed E-state index contributed by atoms with van der Waals surface area (Å²) in [5.74, 6) is -0.259. The zero-order valence-electron chi connectivity index (χ0n) is 11.9. The van der Waals surface area contributed by atoms with Crippen LogP contribution in [0.4, 0.5) is 10.1 Å². The van der Waals surface area contributed by atoms with Gasteiger partial charge in [-0.05, 0) is 56.8 Å². The van der Waals surface area contributed by atoms with Gasteiger partial charge in [-0.2, -0.15) is 0 Å². The topological polar surface area (TPSA) is 15.3 Å². The van der Waals surface area contributed by atoms with Crippen molar-refractivity contribution >= 4 is 17.3 Å². The number of rotatable bonds is 4. The van der Waals surface area contributed by atoms with E-state index in [2.05, 4.69) is 17.1 Å². The van der Waals surface area contributed by atoms with E-state index in [-0.39, 0.29) is 5.82 Å². The highest BCUT2D eigenvalue weighted by Crippen LogP contribution is 2.42. The van der Waals surface area contributed by atoms with Crippen molar-refractivity contribution in [2.45, 2.75) is 57.2 Å². The second-order valence-electron chi connectivity index (χ2n) is 6.01. The third kappa shape index (κ3) is 2.66. The van der Waals surface area contributed by atoms with Crippen LogP contribution >= 0.6 is 11.6 Å². The second-order valence-corrected chi connectivity index (χ2v) is 6.42. The largest absolute Gasteiger partial charge is 0.364 e. The van der Waals surface area contributed by atoms with Crippen molar-refractivity contribution in [1.82, 2.24) is 5.32 Å². The quantitative estimate of drug-likeness (QED) is 0.904. The van der Waals surface area contributed by atoms with Gasteiger partial charge in [0.15, 0.2) is 0 Å². The van der Waals surface area contributed by atoms with Crippen LogP contribution in [0.1, 0.15) is 39.0 Å². The van der Waals surface area contributed by atoms with Gasteiger partial charge in [-0.1, -0.05) is 18.5 Å². The Kier molecular flexibility index (Phi) is 4.18. The third-order valence-electron chi connectivity index (χ3n) is 4.60. The fourth-order valence-corrected chi connectivity index (χ4v) is 4.04. The highest BCUT2D eigenvalue weighted by atomic mass is 35.5. The summed E-state index contributed by atoms with van der Waals surface area (Å²) in [7, 11) is 0. The van der Waals surface area contributed by atoms with Crippen molar-refractivity contribution in [3.63, 3.8) is 0 Å². The average molecular weight is 297 g/mol. The Bertz CT molecular complexity index is 466. The Labute approximate surface area is 125 Å². The van der Waals surface area contributed by atoms with E-state index in [0.29, 0.717) is 23.1 Å². The molecule has 0 radical (unpaired) electrons. The zero-order chi connectivity index (χ0) is 14.1. The highest BCUT2D eigenvalue weighted by molar-refractivity contribution is 6.33. The molecule has 110 valence electrons. The van der Waals surface area contributed by atoms with Crippen LogP contribution in [0.5, 0.6) is 0 Å². The Morgan fingerprint density at radius 3 is 2.60 bits per heavy atom. The molecule has 2 aliphatic rings. The number of anilines is 1. The maximum absolute atomic E-state index is 13.2. The standard InChI is InChI=1S/C16H22ClFN2/c1-2-7-19-12-9-13-4-5-14(10-12)20(13)16-6-3-11(18)8-15(16)17/h3,6,8,12-14,19H,2,4-5,7,9-10H2,1H3. The van der Waals surface area contributed by atoms with Crippen molar-refractivity contribution in [2.24, 2.45) is 0 Å². The van der Waals surface area contributed by atoms with Gasteiger partial charge in [-0.25, -0.2) is 4.39 Å². The number of benzene rings is 1. The van der Waals surface area contributed by atoms with Crippen molar-refractivity contribution in [1.29, 1.82) is 0 Å². The molecule has 0 spiro atoms. The first-order valence-electron chi connectivity index (χ1n) is 7.65. The maximum Gasteiger partial charge on any atom is 0.124 e. The van der Waals surface area contributed by atoms with Gasteiger partial charge in [0.25, 0.3) is 0 Å². The van der Waals surface area contributed by atoms with Gasteiger partial charge in [-0.15, -0.1) is 0 Å². The molecule has 0 aromatic heterocycles. The lowest BCUT2D eigenvalue weighted by molar-refractivity contribution is 0.356. The van der Waals surface area contributed by atoms with Gasteiger partial charge >= 0.3 is 0 Å². The molecular formula is C16H22ClFN2. The van der Waals surface area contributed by atoms with Gasteiger partial charge in [-0.3, -0.25) is 0 Å².